The zero-order valence-corrected chi connectivity index (χ0v) is 18.9. The predicted octanol–water partition coefficient (Wildman–Crippen LogP) is 3.96. The number of thioether (sulfide) groups is 1. The molecule has 2 atom stereocenters. The molecule has 0 spiro atoms. The molecule has 1 aliphatic heterocycles. The van der Waals surface area contributed by atoms with E-state index in [1.54, 1.807) is 11.8 Å². The Balaban J connectivity index is 1.39. The lowest BCUT2D eigenvalue weighted by molar-refractivity contribution is -0.129. The van der Waals surface area contributed by atoms with E-state index >= 15 is 0 Å². The number of aryl methyl sites for hydroxylation is 1. The number of para-hydroxylation sites is 1. The third-order valence-corrected chi connectivity index (χ3v) is 6.53. The molecule has 0 bridgehead atoms. The topological polar surface area (TPSA) is 49.8 Å². The van der Waals surface area contributed by atoms with Crippen molar-refractivity contribution in [1.29, 1.82) is 0 Å². The molecule has 1 fully saturated rings. The summed E-state index contributed by atoms with van der Waals surface area (Å²) in [5.41, 5.74) is 2.61. The summed E-state index contributed by atoms with van der Waals surface area (Å²) in [6.45, 7) is 1.02. The fourth-order valence-electron chi connectivity index (χ4n) is 3.56. The molecular weight excluding hydrogens is 406 g/mol. The Morgan fingerprint density at radius 1 is 1.13 bits per heavy atom. The highest BCUT2D eigenvalue weighted by Crippen LogP contribution is 2.25. The molecule has 2 aromatic carbocycles. The van der Waals surface area contributed by atoms with Crippen molar-refractivity contribution in [2.75, 3.05) is 26.0 Å². The minimum Gasteiger partial charge on any atom is -0.490 e. The Bertz CT molecular complexity index is 890. The summed E-state index contributed by atoms with van der Waals surface area (Å²) in [5.74, 6) is 7.92. The van der Waals surface area contributed by atoms with E-state index in [1.807, 2.05) is 42.3 Å². The molecular formula is C26H31NO3S. The summed E-state index contributed by atoms with van der Waals surface area (Å²) in [7, 11) is 1.90. The minimum absolute atomic E-state index is 0.0327. The number of ether oxygens (including phenoxy) is 1. The molecule has 3 rings (SSSR count). The van der Waals surface area contributed by atoms with Gasteiger partial charge in [0.2, 0.25) is 5.91 Å². The van der Waals surface area contributed by atoms with E-state index in [1.165, 1.54) is 11.1 Å². The van der Waals surface area contributed by atoms with E-state index < -0.39 is 6.10 Å². The molecule has 1 N–H and O–H groups in total. The van der Waals surface area contributed by atoms with Gasteiger partial charge >= 0.3 is 0 Å². The highest BCUT2D eigenvalue weighted by atomic mass is 32.2. The van der Waals surface area contributed by atoms with Crippen molar-refractivity contribution in [2.24, 2.45) is 0 Å². The van der Waals surface area contributed by atoms with Crippen LogP contribution in [0.3, 0.4) is 0 Å². The largest absolute Gasteiger partial charge is 0.490 e. The number of hydrogen-bond donors (Lipinski definition) is 1. The maximum Gasteiger partial charge on any atom is 0.235 e. The van der Waals surface area contributed by atoms with Crippen LogP contribution in [0.4, 0.5) is 0 Å². The van der Waals surface area contributed by atoms with Crippen molar-refractivity contribution in [3.63, 3.8) is 0 Å². The van der Waals surface area contributed by atoms with Gasteiger partial charge in [-0.3, -0.25) is 4.79 Å². The summed E-state index contributed by atoms with van der Waals surface area (Å²) < 4.78 is 5.51. The van der Waals surface area contributed by atoms with Crippen LogP contribution in [0.15, 0.2) is 54.6 Å². The molecule has 0 aliphatic carbocycles. The SMILES string of the molecule is CN1CCSC(Cc2ccccc2CCCCC#CC(O)COc2ccccc2)C1=O. The van der Waals surface area contributed by atoms with Crippen molar-refractivity contribution in [2.45, 2.75) is 43.5 Å². The number of benzene rings is 2. The molecule has 1 heterocycles. The molecule has 1 amide bonds. The maximum atomic E-state index is 12.4. The number of amides is 1. The first kappa shape index (κ1) is 23.2. The van der Waals surface area contributed by atoms with E-state index in [2.05, 4.69) is 36.1 Å². The van der Waals surface area contributed by atoms with Crippen LogP contribution in [0, 0.1) is 11.8 Å². The second kappa shape index (κ2) is 12.4. The monoisotopic (exact) mass is 437 g/mol. The molecule has 0 aromatic heterocycles. The normalized spacial score (nSPS) is 17.0. The molecule has 5 heteroatoms. The first-order valence-corrected chi connectivity index (χ1v) is 12.0. The number of aliphatic hydroxyl groups excluding tert-OH is 1. The van der Waals surface area contributed by atoms with Gasteiger partial charge in [-0.05, 0) is 48.9 Å². The number of nitrogens with zero attached hydrogens (tertiary/aromatic N) is 1. The van der Waals surface area contributed by atoms with Crippen LogP contribution >= 0.6 is 11.8 Å². The average molecular weight is 438 g/mol. The Labute approximate surface area is 190 Å². The van der Waals surface area contributed by atoms with Crippen molar-refractivity contribution < 1.29 is 14.6 Å². The number of hydrogen-bond acceptors (Lipinski definition) is 4. The van der Waals surface area contributed by atoms with Crippen LogP contribution in [0.2, 0.25) is 0 Å². The Morgan fingerprint density at radius 3 is 2.68 bits per heavy atom. The third-order valence-electron chi connectivity index (χ3n) is 5.34. The van der Waals surface area contributed by atoms with Gasteiger partial charge in [0.15, 0.2) is 0 Å². The zero-order chi connectivity index (χ0) is 21.9. The standard InChI is InChI=1S/C26H31NO3S/c1-27-17-18-31-25(26(27)29)19-22-13-10-9-12-21(22)11-5-2-3-6-14-23(28)20-30-24-15-7-4-8-16-24/h4,7-10,12-13,15-16,23,25,28H,2-3,5,11,17-20H2,1H3. The van der Waals surface area contributed by atoms with Gasteiger partial charge in [0, 0.05) is 25.8 Å². The fourth-order valence-corrected chi connectivity index (χ4v) is 4.84. The van der Waals surface area contributed by atoms with Crippen LogP contribution in [0.25, 0.3) is 0 Å². The number of carbonyl (C=O) groups is 1. The van der Waals surface area contributed by atoms with Gasteiger partial charge in [0.05, 0.1) is 5.25 Å². The molecule has 0 radical (unpaired) electrons. The second-order valence-electron chi connectivity index (χ2n) is 7.76. The fraction of sp³-hybridized carbons (Fsp3) is 0.423. The Morgan fingerprint density at radius 2 is 1.87 bits per heavy atom. The van der Waals surface area contributed by atoms with Crippen LogP contribution in [0.5, 0.6) is 5.75 Å². The van der Waals surface area contributed by atoms with Gasteiger partial charge in [0.1, 0.15) is 18.5 Å². The van der Waals surface area contributed by atoms with Gasteiger partial charge in [-0.2, -0.15) is 0 Å². The lowest BCUT2D eigenvalue weighted by Crippen LogP contribution is -2.41. The van der Waals surface area contributed by atoms with Crippen molar-refractivity contribution >= 4 is 17.7 Å². The molecule has 2 aromatic rings. The lowest BCUT2D eigenvalue weighted by Gasteiger charge is -2.29. The van der Waals surface area contributed by atoms with Crippen LogP contribution in [-0.2, 0) is 17.6 Å². The summed E-state index contributed by atoms with van der Waals surface area (Å²) in [5, 5.41) is 9.98. The Hall–Kier alpha value is -2.42. The third kappa shape index (κ3) is 7.65. The molecule has 0 saturated carbocycles. The molecule has 1 aliphatic rings. The quantitative estimate of drug-likeness (QED) is 0.477. The maximum absolute atomic E-state index is 12.4. The number of rotatable bonds is 9. The second-order valence-corrected chi connectivity index (χ2v) is 9.07. The van der Waals surface area contributed by atoms with Crippen LogP contribution in [0.1, 0.15) is 30.4 Å². The molecule has 2 unspecified atom stereocenters. The summed E-state index contributed by atoms with van der Waals surface area (Å²) in [4.78, 5) is 14.3. The summed E-state index contributed by atoms with van der Waals surface area (Å²) >= 11 is 1.78. The van der Waals surface area contributed by atoms with Crippen molar-refractivity contribution in [3.05, 3.63) is 65.7 Å². The average Bonchev–Trinajstić information content (AvgIpc) is 2.79. The van der Waals surface area contributed by atoms with E-state index in [4.69, 9.17) is 4.74 Å². The van der Waals surface area contributed by atoms with Gasteiger partial charge in [0.25, 0.3) is 0 Å². The lowest BCUT2D eigenvalue weighted by atomic mass is 9.97. The first-order chi connectivity index (χ1) is 15.1. The molecule has 1 saturated heterocycles. The number of unbranched alkanes of at least 4 members (excludes halogenated alkanes) is 2. The first-order valence-electron chi connectivity index (χ1n) is 10.9. The van der Waals surface area contributed by atoms with E-state index in [0.717, 1.165) is 50.2 Å². The summed E-state index contributed by atoms with van der Waals surface area (Å²) in [6, 6.07) is 17.9. The molecule has 4 nitrogen and oxygen atoms in total. The highest BCUT2D eigenvalue weighted by Gasteiger charge is 2.27. The van der Waals surface area contributed by atoms with Gasteiger partial charge in [-0.25, -0.2) is 0 Å². The zero-order valence-electron chi connectivity index (χ0n) is 18.1. The van der Waals surface area contributed by atoms with E-state index in [0.29, 0.717) is 0 Å². The minimum atomic E-state index is -0.774. The number of carbonyl (C=O) groups excluding carboxylic acids is 1. The van der Waals surface area contributed by atoms with E-state index in [9.17, 15) is 9.90 Å². The van der Waals surface area contributed by atoms with Gasteiger partial charge in [-0.1, -0.05) is 48.4 Å². The van der Waals surface area contributed by atoms with Crippen LogP contribution < -0.4 is 4.74 Å². The van der Waals surface area contributed by atoms with Crippen molar-refractivity contribution in [1.82, 2.24) is 4.90 Å². The summed E-state index contributed by atoms with van der Waals surface area (Å²) in [6.07, 6.45) is 3.79. The van der Waals surface area contributed by atoms with Gasteiger partial charge in [-0.15, -0.1) is 17.7 Å². The molecule has 164 valence electrons. The number of aliphatic hydroxyl groups is 1. The van der Waals surface area contributed by atoms with Crippen molar-refractivity contribution in [3.8, 4) is 17.6 Å². The van der Waals surface area contributed by atoms with E-state index in [-0.39, 0.29) is 17.8 Å². The smallest absolute Gasteiger partial charge is 0.235 e. The predicted molar refractivity (Wildman–Crippen MR) is 127 cm³/mol. The highest BCUT2D eigenvalue weighted by molar-refractivity contribution is 8.00. The van der Waals surface area contributed by atoms with Crippen LogP contribution in [-0.4, -0.2) is 53.2 Å². The van der Waals surface area contributed by atoms with Gasteiger partial charge < -0.3 is 14.7 Å². The Kier molecular flexibility index (Phi) is 9.33. The molecule has 31 heavy (non-hydrogen) atoms.